The number of amides is 1. The van der Waals surface area contributed by atoms with Crippen LogP contribution in [0.25, 0.3) is 0 Å². The van der Waals surface area contributed by atoms with Crippen molar-refractivity contribution < 1.29 is 4.79 Å². The number of hydrogen-bond acceptors (Lipinski definition) is 5. The maximum Gasteiger partial charge on any atom is 0.219 e. The number of piperazine rings is 1. The van der Waals surface area contributed by atoms with Crippen LogP contribution >= 0.6 is 0 Å². The topological polar surface area (TPSA) is 87.6 Å². The Bertz CT molecular complexity index is 203. The average molecular weight is 215 g/mol. The lowest BCUT2D eigenvalue weighted by Gasteiger charge is -2.34. The molecule has 0 saturated carbocycles. The second-order valence-corrected chi connectivity index (χ2v) is 4.02. The minimum Gasteiger partial charge on any atom is -0.370 e. The van der Waals surface area contributed by atoms with E-state index in [0.717, 1.165) is 26.2 Å². The molecule has 1 atom stereocenters. The maximum atomic E-state index is 10.8. The Labute approximate surface area is 90.5 Å². The summed E-state index contributed by atoms with van der Waals surface area (Å²) in [5.74, 6) is -0.313. The second-order valence-electron chi connectivity index (χ2n) is 4.02. The standard InChI is InChI=1S/C9H21N5O/c1-13-2-4-14(5-3-13)12-8(7-10)6-9(11)15/h8,12H,2-7,10H2,1H3,(H2,11,15). The van der Waals surface area contributed by atoms with Crippen molar-refractivity contribution >= 4 is 5.91 Å². The van der Waals surface area contributed by atoms with E-state index in [9.17, 15) is 4.79 Å². The van der Waals surface area contributed by atoms with Gasteiger partial charge in [-0.25, -0.2) is 5.01 Å². The number of nitrogens with one attached hydrogen (secondary N) is 1. The molecule has 5 N–H and O–H groups in total. The molecule has 0 aromatic heterocycles. The van der Waals surface area contributed by atoms with Gasteiger partial charge in [0.05, 0.1) is 0 Å². The highest BCUT2D eigenvalue weighted by molar-refractivity contribution is 5.74. The summed E-state index contributed by atoms with van der Waals surface area (Å²) in [4.78, 5) is 13.0. The van der Waals surface area contributed by atoms with E-state index in [-0.39, 0.29) is 11.9 Å². The lowest BCUT2D eigenvalue weighted by Crippen LogP contribution is -2.55. The molecule has 1 heterocycles. The molecule has 1 aliphatic rings. The highest BCUT2D eigenvalue weighted by Gasteiger charge is 2.17. The summed E-state index contributed by atoms with van der Waals surface area (Å²) >= 11 is 0. The van der Waals surface area contributed by atoms with Crippen molar-refractivity contribution in [1.82, 2.24) is 15.3 Å². The smallest absolute Gasteiger partial charge is 0.219 e. The minimum atomic E-state index is -0.313. The van der Waals surface area contributed by atoms with Crippen molar-refractivity contribution in [3.63, 3.8) is 0 Å². The van der Waals surface area contributed by atoms with Gasteiger partial charge < -0.3 is 16.4 Å². The molecule has 88 valence electrons. The van der Waals surface area contributed by atoms with E-state index in [1.54, 1.807) is 0 Å². The summed E-state index contributed by atoms with van der Waals surface area (Å²) in [6, 6.07) is -0.0362. The van der Waals surface area contributed by atoms with Crippen LogP contribution in [-0.4, -0.2) is 61.6 Å². The van der Waals surface area contributed by atoms with Crippen molar-refractivity contribution in [2.45, 2.75) is 12.5 Å². The number of hydrogen-bond donors (Lipinski definition) is 3. The first-order valence-electron chi connectivity index (χ1n) is 5.30. The van der Waals surface area contributed by atoms with Gasteiger partial charge in [-0.05, 0) is 7.05 Å². The number of hydrazine groups is 1. The first-order chi connectivity index (χ1) is 7.11. The van der Waals surface area contributed by atoms with Gasteiger partial charge in [0, 0.05) is 45.2 Å². The summed E-state index contributed by atoms with van der Waals surface area (Å²) in [5.41, 5.74) is 13.9. The van der Waals surface area contributed by atoms with Gasteiger partial charge in [-0.2, -0.15) is 0 Å². The molecule has 1 unspecified atom stereocenters. The summed E-state index contributed by atoms with van der Waals surface area (Å²) in [5, 5.41) is 2.11. The summed E-state index contributed by atoms with van der Waals surface area (Å²) < 4.78 is 0. The second kappa shape index (κ2) is 6.02. The zero-order valence-corrected chi connectivity index (χ0v) is 9.28. The van der Waals surface area contributed by atoms with Gasteiger partial charge in [0.2, 0.25) is 5.91 Å². The first-order valence-corrected chi connectivity index (χ1v) is 5.30. The van der Waals surface area contributed by atoms with Crippen LogP contribution in [0.4, 0.5) is 0 Å². The minimum absolute atomic E-state index is 0.0362. The van der Waals surface area contributed by atoms with Crippen LogP contribution in [0, 0.1) is 0 Å². The van der Waals surface area contributed by atoms with Crippen LogP contribution in [-0.2, 0) is 4.79 Å². The molecule has 0 radical (unpaired) electrons. The Morgan fingerprint density at radius 3 is 2.47 bits per heavy atom. The lowest BCUT2D eigenvalue weighted by molar-refractivity contribution is -0.118. The molecule has 1 saturated heterocycles. The molecule has 6 nitrogen and oxygen atoms in total. The molecule has 0 aliphatic carbocycles. The Hall–Kier alpha value is -0.690. The molecule has 1 rings (SSSR count). The third-order valence-electron chi connectivity index (χ3n) is 2.60. The fraction of sp³-hybridized carbons (Fsp3) is 0.889. The van der Waals surface area contributed by atoms with E-state index in [1.807, 2.05) is 0 Å². The quantitative estimate of drug-likeness (QED) is 0.491. The Morgan fingerprint density at radius 1 is 1.40 bits per heavy atom. The van der Waals surface area contributed by atoms with Gasteiger partial charge >= 0.3 is 0 Å². The van der Waals surface area contributed by atoms with Crippen molar-refractivity contribution in [3.8, 4) is 0 Å². The van der Waals surface area contributed by atoms with E-state index in [1.165, 1.54) is 0 Å². The van der Waals surface area contributed by atoms with Gasteiger partial charge in [0.15, 0.2) is 0 Å². The maximum absolute atomic E-state index is 10.8. The number of nitrogens with zero attached hydrogens (tertiary/aromatic N) is 2. The number of primary amides is 1. The summed E-state index contributed by atoms with van der Waals surface area (Å²) in [7, 11) is 2.10. The fourth-order valence-corrected chi connectivity index (χ4v) is 1.62. The molecule has 15 heavy (non-hydrogen) atoms. The largest absolute Gasteiger partial charge is 0.370 e. The molecule has 6 heteroatoms. The predicted octanol–water partition coefficient (Wildman–Crippen LogP) is -2.06. The molecular formula is C9H21N5O. The van der Waals surface area contributed by atoms with E-state index >= 15 is 0 Å². The lowest BCUT2D eigenvalue weighted by atomic mass is 10.2. The van der Waals surface area contributed by atoms with Crippen LogP contribution in [0.3, 0.4) is 0 Å². The highest BCUT2D eigenvalue weighted by Crippen LogP contribution is 1.98. The molecular weight excluding hydrogens is 194 g/mol. The summed E-state index contributed by atoms with van der Waals surface area (Å²) in [6.45, 7) is 4.38. The molecule has 1 amide bonds. The van der Waals surface area contributed by atoms with E-state index in [4.69, 9.17) is 11.5 Å². The number of rotatable bonds is 5. The van der Waals surface area contributed by atoms with Crippen LogP contribution in [0.2, 0.25) is 0 Å². The van der Waals surface area contributed by atoms with Gasteiger partial charge in [-0.3, -0.25) is 10.2 Å². The number of carbonyl (C=O) groups is 1. The number of likely N-dealkylation sites (N-methyl/N-ethyl adjacent to an activating group) is 1. The number of nitrogens with two attached hydrogens (primary N) is 2. The summed E-state index contributed by atoms with van der Waals surface area (Å²) in [6.07, 6.45) is 0.294. The van der Waals surface area contributed by atoms with Crippen LogP contribution in [0.15, 0.2) is 0 Å². The zero-order valence-electron chi connectivity index (χ0n) is 9.28. The van der Waals surface area contributed by atoms with Crippen LogP contribution in [0.5, 0.6) is 0 Å². The molecule has 1 fully saturated rings. The van der Waals surface area contributed by atoms with E-state index in [2.05, 4.69) is 22.4 Å². The average Bonchev–Trinajstić information content (AvgIpc) is 2.19. The number of carbonyl (C=O) groups excluding carboxylic acids is 1. The third kappa shape index (κ3) is 4.57. The SMILES string of the molecule is CN1CCN(NC(CN)CC(N)=O)CC1. The van der Waals surface area contributed by atoms with Crippen LogP contribution < -0.4 is 16.9 Å². The molecule has 0 aromatic rings. The third-order valence-corrected chi connectivity index (χ3v) is 2.60. The molecule has 0 aromatic carbocycles. The van der Waals surface area contributed by atoms with Gasteiger partial charge in [-0.15, -0.1) is 0 Å². The fourth-order valence-electron chi connectivity index (χ4n) is 1.62. The van der Waals surface area contributed by atoms with Gasteiger partial charge in [0.25, 0.3) is 0 Å². The predicted molar refractivity (Wildman–Crippen MR) is 58.9 cm³/mol. The molecule has 1 aliphatic heterocycles. The van der Waals surface area contributed by atoms with E-state index in [0.29, 0.717) is 13.0 Å². The Balaban J connectivity index is 2.28. The highest BCUT2D eigenvalue weighted by atomic mass is 16.1. The van der Waals surface area contributed by atoms with Crippen molar-refractivity contribution in [2.75, 3.05) is 39.8 Å². The van der Waals surface area contributed by atoms with Gasteiger partial charge in [0.1, 0.15) is 0 Å². The van der Waals surface area contributed by atoms with Gasteiger partial charge in [-0.1, -0.05) is 0 Å². The zero-order chi connectivity index (χ0) is 11.3. The first kappa shape index (κ1) is 12.4. The van der Waals surface area contributed by atoms with E-state index < -0.39 is 0 Å². The monoisotopic (exact) mass is 215 g/mol. The molecule has 0 spiro atoms. The van der Waals surface area contributed by atoms with Crippen LogP contribution in [0.1, 0.15) is 6.42 Å². The normalized spacial score (nSPS) is 21.5. The molecule has 0 bridgehead atoms. The Kier molecular flexibility index (Phi) is 4.97. The van der Waals surface area contributed by atoms with Crippen molar-refractivity contribution in [1.29, 1.82) is 0 Å². The van der Waals surface area contributed by atoms with Crippen molar-refractivity contribution in [3.05, 3.63) is 0 Å². The van der Waals surface area contributed by atoms with Crippen molar-refractivity contribution in [2.24, 2.45) is 11.5 Å². The Morgan fingerprint density at radius 2 is 2.00 bits per heavy atom.